The van der Waals surface area contributed by atoms with Gasteiger partial charge in [-0.25, -0.2) is 4.99 Å². The number of nitrogens with one attached hydrogen (secondary N) is 1. The fraction of sp³-hybridized carbons (Fsp3) is 0.620. The zero-order valence-electron chi connectivity index (χ0n) is 53.1. The molecule has 8 N–H and O–H groups in total. The first-order valence-electron chi connectivity index (χ1n) is 35.7. The van der Waals surface area contributed by atoms with E-state index in [-0.39, 0.29) is 96.7 Å². The van der Waals surface area contributed by atoms with Gasteiger partial charge in [-0.2, -0.15) is 0 Å². The van der Waals surface area contributed by atoms with Gasteiger partial charge < -0.3 is 46.1 Å². The molecule has 14 aliphatic rings. The number of rotatable bonds is 5. The normalized spacial score (nSPS) is 40.3. The van der Waals surface area contributed by atoms with E-state index in [4.69, 9.17) is 20.2 Å². The maximum absolute atomic E-state index is 16.1. The number of hydrogen-bond donors (Lipinski definition) is 7. The van der Waals surface area contributed by atoms with Crippen molar-refractivity contribution in [3.05, 3.63) is 134 Å². The molecule has 11 heteroatoms. The molecule has 0 radical (unpaired) electrons. The fourth-order valence-electron chi connectivity index (χ4n) is 24.3. The van der Waals surface area contributed by atoms with Crippen molar-refractivity contribution >= 4 is 11.7 Å². The summed E-state index contributed by atoms with van der Waals surface area (Å²) >= 11 is 0. The van der Waals surface area contributed by atoms with Gasteiger partial charge in [-0.3, -0.25) is 4.79 Å². The summed E-state index contributed by atoms with van der Waals surface area (Å²) in [6.07, 6.45) is 34.3. The van der Waals surface area contributed by atoms with Gasteiger partial charge in [0.1, 0.15) is 5.75 Å². The molecule has 0 aromatic heterocycles. The molecule has 2 heterocycles. The number of nitrogens with zero attached hydrogens (tertiary/aromatic N) is 1. The predicted molar refractivity (Wildman–Crippen MR) is 348 cm³/mol. The number of aliphatic hydroxyl groups is 3. The highest BCUT2D eigenvalue weighted by atomic mass is 16.5. The van der Waals surface area contributed by atoms with Crippen molar-refractivity contribution in [1.82, 2.24) is 5.32 Å². The summed E-state index contributed by atoms with van der Waals surface area (Å²) in [6, 6.07) is 15.2. The Hall–Kier alpha value is -5.64. The molecule has 17 rings (SSSR count). The Bertz CT molecular complexity index is 3680. The first kappa shape index (κ1) is 58.2. The number of aliphatic hydroxyl groups excluding tert-OH is 3. The van der Waals surface area contributed by atoms with Crippen LogP contribution in [0.4, 0.5) is 0 Å². The molecule has 3 aromatic rings. The van der Waals surface area contributed by atoms with Gasteiger partial charge in [0, 0.05) is 69.6 Å². The van der Waals surface area contributed by atoms with Crippen LogP contribution in [0.5, 0.6) is 17.2 Å². The molecule has 0 amide bonds. The first-order valence-corrected chi connectivity index (χ1v) is 35.7. The quantitative estimate of drug-likeness (QED) is 0.0957. The van der Waals surface area contributed by atoms with E-state index in [0.717, 1.165) is 148 Å². The van der Waals surface area contributed by atoms with Crippen LogP contribution >= 0.6 is 0 Å². The van der Waals surface area contributed by atoms with Crippen LogP contribution in [0.2, 0.25) is 0 Å². The molecule has 90 heavy (non-hydrogen) atoms. The van der Waals surface area contributed by atoms with Crippen molar-refractivity contribution in [2.24, 2.45) is 73.8 Å². The molecule has 0 unspecified atom stereocenters. The topological polar surface area (TPSA) is 187 Å². The summed E-state index contributed by atoms with van der Waals surface area (Å²) in [5.74, 6) is 7.85. The maximum Gasteiger partial charge on any atom is 0.189 e. The predicted octanol–water partition coefficient (Wildman–Crippen LogP) is 13.0. The van der Waals surface area contributed by atoms with Gasteiger partial charge in [-0.05, 0) is 232 Å². The van der Waals surface area contributed by atoms with Gasteiger partial charge in [-0.15, -0.1) is 0 Å². The number of carbonyl (C=O) groups is 1. The van der Waals surface area contributed by atoms with E-state index < -0.39 is 45.1 Å². The largest absolute Gasteiger partial charge is 0.508 e. The molecule has 7 fully saturated rings. The minimum atomic E-state index is -0.980. The number of fused-ring (bicyclic) bond motifs is 10. The molecule has 11 nitrogen and oxygen atoms in total. The van der Waals surface area contributed by atoms with E-state index in [0.29, 0.717) is 56.3 Å². The average molecular weight is 1210 g/mol. The van der Waals surface area contributed by atoms with Crippen LogP contribution in [-0.2, 0) is 33.3 Å². The highest BCUT2D eigenvalue weighted by Crippen LogP contribution is 2.77. The highest BCUT2D eigenvalue weighted by molar-refractivity contribution is 5.98. The second-order valence-corrected chi connectivity index (χ2v) is 32.1. The van der Waals surface area contributed by atoms with Crippen LogP contribution in [0.1, 0.15) is 217 Å². The Balaban J connectivity index is 1.00. The van der Waals surface area contributed by atoms with E-state index in [1.54, 1.807) is 0 Å². The third-order valence-electron chi connectivity index (χ3n) is 27.7. The summed E-state index contributed by atoms with van der Waals surface area (Å²) in [6.45, 7) is 2.59. The summed E-state index contributed by atoms with van der Waals surface area (Å²) in [5.41, 5.74) is 15.3. The minimum absolute atomic E-state index is 0.0395. The van der Waals surface area contributed by atoms with Crippen LogP contribution in [-0.4, -0.2) is 82.0 Å². The molecular weight excluding hydrogens is 1120 g/mol. The lowest BCUT2D eigenvalue weighted by molar-refractivity contribution is -0.209. The summed E-state index contributed by atoms with van der Waals surface area (Å²) < 4.78 is 14.9. The van der Waals surface area contributed by atoms with Crippen molar-refractivity contribution < 1.29 is 39.8 Å². The number of ether oxygens (including phenoxy) is 2. The standard InChI is InChI=1S/C79H95N3O8/c1-46-37-77-26-21-50-33-51-39-75(44-84)24-6-5-16-61(75)60(43-83)67(51)64(87)35-58(50)59-36-65(90-56-13-2-3-14-56)71(88)68-57(59)15-10-12-54(40-76(45-85)42-66(77)78(38-46)41-63-72(70(76)69(68)78)89-28-27-74(63)22-8-9-23-74)81-73(80)82-79-25-7-4-11-52(79)20-19-49-18-17-47(32-62(49)79)29-48-30-53(77)34-55(86)31-48/h6,17-18,21,24,26,30-32,34,36,42,46,50-52,54,56,58,61,63,69-70,72,83-86,88H,2-5,7-9,11-14,16,19-20,22-23,25,27-29,33,35,37-41,43-45H2,1H3,(H3,80,81,82)/b26-21+/t46-,50+,51+,52+,54-,58-,61-,63+,69-,70+,72+,75+,76-,77-,78+,79+/m1/s1. The summed E-state index contributed by atoms with van der Waals surface area (Å²) in [7, 11) is 0. The molecule has 1 saturated heterocycles. The van der Waals surface area contributed by atoms with Crippen molar-refractivity contribution in [3.63, 3.8) is 0 Å². The number of aromatic hydroxyl groups is 2. The molecule has 474 valence electrons. The number of Topliss-reactive ketones (excluding diaryl/α,β-unsaturated/α-hetero) is 1. The number of phenolic OH excluding ortho intramolecular Hbond substituents is 2. The van der Waals surface area contributed by atoms with E-state index in [1.165, 1.54) is 41.5 Å². The zero-order valence-corrected chi connectivity index (χ0v) is 53.1. The fourth-order valence-corrected chi connectivity index (χ4v) is 24.3. The molecule has 14 bridgehead atoms. The van der Waals surface area contributed by atoms with Gasteiger partial charge in [0.25, 0.3) is 0 Å². The number of nitrogens with two attached hydrogens (primary N) is 1. The Morgan fingerprint density at radius 1 is 0.856 bits per heavy atom. The van der Waals surface area contributed by atoms with E-state index in [9.17, 15) is 25.5 Å². The minimum Gasteiger partial charge on any atom is -0.508 e. The number of aryl methyl sites for hydroxylation is 1. The number of phenols is 2. The van der Waals surface area contributed by atoms with Crippen LogP contribution in [0.3, 0.4) is 0 Å². The second-order valence-electron chi connectivity index (χ2n) is 32.1. The lowest BCUT2D eigenvalue weighted by Gasteiger charge is -2.70. The number of ketones is 1. The number of carbonyl (C=O) groups excluding carboxylic acids is 1. The first-order chi connectivity index (χ1) is 43.7. The number of benzene rings is 3. The van der Waals surface area contributed by atoms with Crippen LogP contribution < -0.4 is 15.8 Å². The van der Waals surface area contributed by atoms with Crippen molar-refractivity contribution in [2.45, 2.75) is 215 Å². The van der Waals surface area contributed by atoms with Gasteiger partial charge in [-0.1, -0.05) is 105 Å². The number of guanidine groups is 1. The van der Waals surface area contributed by atoms with E-state index in [1.807, 2.05) is 6.07 Å². The Kier molecular flexibility index (Phi) is 13.9. The SMILES string of the molecule is C[C@H]1C[C@@]23C[C@H]4[C@H](OCCC45CCCC5)[C@@H]4[C@H]2c2c(O)c(OC5CCCC5)cc5c2C#CC[C@@H]2C[C@]4(CO)C=C3[C@](/C=C/[C@H]3C[C@H]4C[C@]6(CO)C=CCC[C@@H]6C(CO)=C4C(=O)C[C@@H]53)(C1)c1cc(O)cc(c1)Cc1ccc3c(c1)[C@@]1(CCCC[C@H]1CC3)NC(N)=N2. The van der Waals surface area contributed by atoms with Crippen LogP contribution in [0.15, 0.2) is 94.6 Å². The molecule has 2 aliphatic heterocycles. The average Bonchev–Trinajstić information content (AvgIpc) is 0.846. The van der Waals surface area contributed by atoms with E-state index in [2.05, 4.69) is 90.9 Å². The summed E-state index contributed by atoms with van der Waals surface area (Å²) in [4.78, 5) is 21.9. The molecular formula is C79H95N3O8. The summed E-state index contributed by atoms with van der Waals surface area (Å²) in [5, 5.41) is 67.6. The van der Waals surface area contributed by atoms with Gasteiger partial charge in [0.05, 0.1) is 43.6 Å². The third-order valence-corrected chi connectivity index (χ3v) is 27.7. The molecule has 6 saturated carbocycles. The Labute approximate surface area is 532 Å². The van der Waals surface area contributed by atoms with Crippen molar-refractivity contribution in [3.8, 4) is 29.1 Å². The van der Waals surface area contributed by atoms with Crippen LogP contribution in [0.25, 0.3) is 0 Å². The van der Waals surface area contributed by atoms with Crippen LogP contribution in [0, 0.1) is 74.9 Å². The monoisotopic (exact) mass is 1210 g/mol. The zero-order chi connectivity index (χ0) is 61.1. The second kappa shape index (κ2) is 21.5. The van der Waals surface area contributed by atoms with Crippen molar-refractivity contribution in [2.75, 3.05) is 26.4 Å². The molecule has 16 atom stereocenters. The molecule has 3 spiro atoms. The number of aliphatic imine (C=N–C) groups is 1. The third kappa shape index (κ3) is 8.56. The molecule has 3 aromatic carbocycles. The highest BCUT2D eigenvalue weighted by Gasteiger charge is 2.72. The van der Waals surface area contributed by atoms with E-state index >= 15 is 4.79 Å². The Morgan fingerprint density at radius 3 is 2.52 bits per heavy atom. The lowest BCUT2D eigenvalue weighted by Crippen LogP contribution is -2.66. The maximum atomic E-state index is 16.1. The van der Waals surface area contributed by atoms with Crippen molar-refractivity contribution in [1.29, 1.82) is 0 Å². The molecule has 12 aliphatic carbocycles. The number of allylic oxidation sites excluding steroid dienone is 5. The lowest BCUT2D eigenvalue weighted by atomic mass is 9.35. The number of hydrogen-bond acceptors (Lipinski definition) is 11. The van der Waals surface area contributed by atoms with Gasteiger partial charge in [0.2, 0.25) is 0 Å². The van der Waals surface area contributed by atoms with Gasteiger partial charge >= 0.3 is 0 Å². The smallest absolute Gasteiger partial charge is 0.189 e. The van der Waals surface area contributed by atoms with Gasteiger partial charge in [0.15, 0.2) is 23.2 Å². The Morgan fingerprint density at radius 2 is 1.69 bits per heavy atom.